The van der Waals surface area contributed by atoms with Gasteiger partial charge in [-0.1, -0.05) is 0 Å². The smallest absolute Gasteiger partial charge is 0.128 e. The Balaban J connectivity index is 1.36. The molecule has 1 N–H and O–H groups in total. The van der Waals surface area contributed by atoms with Gasteiger partial charge < -0.3 is 10.2 Å². The van der Waals surface area contributed by atoms with Crippen molar-refractivity contribution in [2.75, 3.05) is 42.6 Å². The van der Waals surface area contributed by atoms with E-state index in [0.717, 1.165) is 59.5 Å². The SMILES string of the molecule is C=S1(=O)CCN(c2ccc(-c3cc(-c4cnn(C5CCNCC5)c4)cn4ncc(C#N)c34)cn2)CC1. The lowest BCUT2D eigenvalue weighted by atomic mass is 10.0. The third kappa shape index (κ3) is 4.25. The molecule has 0 saturated carbocycles. The summed E-state index contributed by atoms with van der Waals surface area (Å²) in [4.78, 5) is 6.87. The second-order valence-electron chi connectivity index (χ2n) is 9.56. The third-order valence-electron chi connectivity index (χ3n) is 7.20. The monoisotopic (exact) mass is 500 g/mol. The van der Waals surface area contributed by atoms with Crippen LogP contribution < -0.4 is 10.2 Å². The summed E-state index contributed by atoms with van der Waals surface area (Å²) in [5.41, 5.74) is 5.08. The number of piperidine rings is 1. The largest absolute Gasteiger partial charge is 0.355 e. The molecule has 2 aliphatic heterocycles. The molecule has 0 atom stereocenters. The van der Waals surface area contributed by atoms with E-state index < -0.39 is 9.52 Å². The molecule has 9 nitrogen and oxygen atoms in total. The van der Waals surface area contributed by atoms with Crippen molar-refractivity contribution in [3.8, 4) is 28.3 Å². The number of aromatic nitrogens is 5. The number of hydrogen-bond donors (Lipinski definition) is 1. The van der Waals surface area contributed by atoms with Crippen molar-refractivity contribution in [3.05, 3.63) is 54.7 Å². The lowest BCUT2D eigenvalue weighted by molar-refractivity contribution is 0.343. The van der Waals surface area contributed by atoms with Crippen LogP contribution in [0, 0.1) is 11.3 Å². The first-order valence-electron chi connectivity index (χ1n) is 12.2. The highest BCUT2D eigenvalue weighted by atomic mass is 32.2. The molecule has 2 fully saturated rings. The molecule has 0 aliphatic carbocycles. The lowest BCUT2D eigenvalue weighted by Gasteiger charge is -2.29. The number of pyridine rings is 2. The van der Waals surface area contributed by atoms with Crippen LogP contribution in [0.15, 0.2) is 49.2 Å². The minimum atomic E-state index is -1.96. The summed E-state index contributed by atoms with van der Waals surface area (Å²) in [6.45, 7) is 3.40. The van der Waals surface area contributed by atoms with E-state index in [9.17, 15) is 9.47 Å². The maximum atomic E-state index is 12.2. The second kappa shape index (κ2) is 9.08. The summed E-state index contributed by atoms with van der Waals surface area (Å²) in [6, 6.07) is 8.79. The van der Waals surface area contributed by atoms with E-state index in [1.807, 2.05) is 30.7 Å². The van der Waals surface area contributed by atoms with Gasteiger partial charge in [-0.05, 0) is 59.5 Å². The standard InChI is InChI=1S/C26H28N8OS/c1-36(35)10-8-32(9-11-36)25-3-2-19(14-29-25)24-12-20(17-34-26(24)21(13-27)15-31-34)22-16-30-33(18-22)23-4-6-28-7-5-23/h2-3,12,14-18,23,28H,1,4-11H2. The van der Waals surface area contributed by atoms with Gasteiger partial charge in [0.05, 0.1) is 29.5 Å². The summed E-state index contributed by atoms with van der Waals surface area (Å²) >= 11 is 0. The van der Waals surface area contributed by atoms with Crippen molar-refractivity contribution < 1.29 is 4.21 Å². The predicted molar refractivity (Wildman–Crippen MR) is 143 cm³/mol. The van der Waals surface area contributed by atoms with Crippen LogP contribution in [-0.4, -0.2) is 72.1 Å². The average molecular weight is 501 g/mol. The van der Waals surface area contributed by atoms with Crippen LogP contribution in [0.4, 0.5) is 5.82 Å². The predicted octanol–water partition coefficient (Wildman–Crippen LogP) is 2.59. The first-order valence-corrected chi connectivity index (χ1v) is 14.3. The van der Waals surface area contributed by atoms with Crippen molar-refractivity contribution in [2.24, 2.45) is 0 Å². The van der Waals surface area contributed by atoms with Gasteiger partial charge in [-0.15, -0.1) is 0 Å². The molecular formula is C26H28N8OS. The molecular weight excluding hydrogens is 472 g/mol. The van der Waals surface area contributed by atoms with Gasteiger partial charge in [-0.25, -0.2) is 9.50 Å². The zero-order chi connectivity index (χ0) is 24.7. The summed E-state index contributed by atoms with van der Waals surface area (Å²) < 4.78 is 16.1. The topological polar surface area (TPSA) is 104 Å². The van der Waals surface area contributed by atoms with Gasteiger partial charge in [0.15, 0.2) is 0 Å². The van der Waals surface area contributed by atoms with E-state index in [4.69, 9.17) is 4.98 Å². The van der Waals surface area contributed by atoms with E-state index >= 15 is 0 Å². The Morgan fingerprint density at radius 2 is 1.83 bits per heavy atom. The van der Waals surface area contributed by atoms with Gasteiger partial charge in [0.2, 0.25) is 0 Å². The maximum Gasteiger partial charge on any atom is 0.128 e. The van der Waals surface area contributed by atoms with Gasteiger partial charge in [0, 0.05) is 65.4 Å². The zero-order valence-corrected chi connectivity index (χ0v) is 20.8. The van der Waals surface area contributed by atoms with E-state index in [2.05, 4.69) is 49.3 Å². The highest BCUT2D eigenvalue weighted by Crippen LogP contribution is 2.33. The minimum absolute atomic E-state index is 0.404. The Morgan fingerprint density at radius 1 is 1.03 bits per heavy atom. The van der Waals surface area contributed by atoms with Crippen LogP contribution in [0.2, 0.25) is 0 Å². The highest BCUT2D eigenvalue weighted by Gasteiger charge is 2.20. The Kier molecular flexibility index (Phi) is 5.74. The molecule has 0 aromatic carbocycles. The number of hydrogen-bond acceptors (Lipinski definition) is 7. The molecule has 4 aromatic heterocycles. The molecule has 0 bridgehead atoms. The van der Waals surface area contributed by atoms with Gasteiger partial charge in [0.1, 0.15) is 11.9 Å². The minimum Gasteiger partial charge on any atom is -0.355 e. The van der Waals surface area contributed by atoms with Crippen molar-refractivity contribution in [3.63, 3.8) is 0 Å². The molecule has 2 aliphatic rings. The average Bonchev–Trinajstić information content (AvgIpc) is 3.56. The van der Waals surface area contributed by atoms with Crippen molar-refractivity contribution in [1.29, 1.82) is 5.26 Å². The van der Waals surface area contributed by atoms with Crippen molar-refractivity contribution >= 4 is 26.7 Å². The fraction of sp³-hybridized carbons (Fsp3) is 0.346. The van der Waals surface area contributed by atoms with E-state index in [1.54, 1.807) is 10.7 Å². The highest BCUT2D eigenvalue weighted by molar-refractivity contribution is 8.00. The molecule has 184 valence electrons. The molecule has 6 heterocycles. The molecule has 0 spiro atoms. The van der Waals surface area contributed by atoms with Crippen LogP contribution in [0.1, 0.15) is 24.4 Å². The Hall–Kier alpha value is -3.68. The zero-order valence-electron chi connectivity index (χ0n) is 20.0. The maximum absolute atomic E-state index is 12.2. The Labute approximate surface area is 210 Å². The number of nitrogens with zero attached hydrogens (tertiary/aromatic N) is 7. The number of fused-ring (bicyclic) bond motifs is 1. The van der Waals surface area contributed by atoms with Crippen molar-refractivity contribution in [2.45, 2.75) is 18.9 Å². The number of nitrogens with one attached hydrogen (secondary N) is 1. The van der Waals surface area contributed by atoms with Crippen LogP contribution >= 0.6 is 0 Å². The van der Waals surface area contributed by atoms with Gasteiger partial charge in [-0.2, -0.15) is 15.5 Å². The number of anilines is 1. The molecule has 2 saturated heterocycles. The Morgan fingerprint density at radius 3 is 2.56 bits per heavy atom. The summed E-state index contributed by atoms with van der Waals surface area (Å²) in [6.07, 6.45) is 11.5. The normalized spacial score (nSPS) is 18.4. The third-order valence-corrected chi connectivity index (χ3v) is 9.05. The molecule has 10 heteroatoms. The lowest BCUT2D eigenvalue weighted by Crippen LogP contribution is -2.40. The van der Waals surface area contributed by atoms with Crippen molar-refractivity contribution in [1.82, 2.24) is 29.7 Å². The van der Waals surface area contributed by atoms with Gasteiger partial charge in [-0.3, -0.25) is 8.89 Å². The quantitative estimate of drug-likeness (QED) is 0.430. The van der Waals surface area contributed by atoms with Crippen LogP contribution in [0.25, 0.3) is 27.8 Å². The Bertz CT molecular complexity index is 1540. The van der Waals surface area contributed by atoms with Crippen LogP contribution in [-0.2, 0) is 9.52 Å². The molecule has 36 heavy (non-hydrogen) atoms. The van der Waals surface area contributed by atoms with E-state index in [0.29, 0.717) is 36.2 Å². The number of rotatable bonds is 4. The van der Waals surface area contributed by atoms with Gasteiger partial charge in [0.25, 0.3) is 0 Å². The molecule has 6 rings (SSSR count). The first kappa shape index (κ1) is 22.8. The summed E-state index contributed by atoms with van der Waals surface area (Å²) in [7, 11) is -1.96. The first-order chi connectivity index (χ1) is 17.5. The van der Waals surface area contributed by atoms with Crippen LogP contribution in [0.3, 0.4) is 0 Å². The molecule has 0 unspecified atom stereocenters. The van der Waals surface area contributed by atoms with Crippen LogP contribution in [0.5, 0.6) is 0 Å². The fourth-order valence-electron chi connectivity index (χ4n) is 5.07. The molecule has 0 radical (unpaired) electrons. The second-order valence-corrected chi connectivity index (χ2v) is 12.3. The van der Waals surface area contributed by atoms with E-state index in [1.165, 1.54) is 0 Å². The van der Waals surface area contributed by atoms with E-state index in [-0.39, 0.29) is 0 Å². The summed E-state index contributed by atoms with van der Waals surface area (Å²) in [5.74, 6) is 5.89. The number of nitriles is 1. The van der Waals surface area contributed by atoms with Gasteiger partial charge >= 0.3 is 0 Å². The summed E-state index contributed by atoms with van der Waals surface area (Å²) in [5, 5.41) is 22.2. The molecule has 0 amide bonds. The fourth-order valence-corrected chi connectivity index (χ4v) is 6.38. The molecule has 4 aromatic rings.